The maximum absolute atomic E-state index is 6.87. The summed E-state index contributed by atoms with van der Waals surface area (Å²) in [4.78, 5) is 9.84. The molecule has 0 fully saturated rings. The highest BCUT2D eigenvalue weighted by Gasteiger charge is 2.37. The lowest BCUT2D eigenvalue weighted by molar-refractivity contribution is 0.483. The van der Waals surface area contributed by atoms with Gasteiger partial charge in [0.1, 0.15) is 17.3 Å². The molecule has 0 unspecified atom stereocenters. The van der Waals surface area contributed by atoms with Gasteiger partial charge in [0.25, 0.3) is 0 Å². The van der Waals surface area contributed by atoms with Crippen LogP contribution in [0.25, 0.3) is 38.8 Å². The van der Waals surface area contributed by atoms with E-state index in [1.807, 2.05) is 6.20 Å². The second kappa shape index (κ2) is 17.3. The molecule has 0 N–H and O–H groups in total. The molecule has 2 aromatic heterocycles. The summed E-state index contributed by atoms with van der Waals surface area (Å²) in [6, 6.07) is 65.9. The first-order valence-electron chi connectivity index (χ1n) is 24.4. The van der Waals surface area contributed by atoms with Crippen molar-refractivity contribution in [1.29, 1.82) is 0 Å². The topological polar surface area (TPSA) is 33.5 Å². The zero-order chi connectivity index (χ0) is 48.3. The van der Waals surface area contributed by atoms with Crippen molar-refractivity contribution in [3.63, 3.8) is 0 Å². The van der Waals surface area contributed by atoms with Crippen LogP contribution in [0.15, 0.2) is 200 Å². The van der Waals surface area contributed by atoms with Crippen molar-refractivity contribution in [3.05, 3.63) is 228 Å². The van der Waals surface area contributed by atoms with Crippen molar-refractivity contribution in [3.8, 4) is 28.4 Å². The van der Waals surface area contributed by atoms with Gasteiger partial charge in [-0.25, -0.2) is 4.98 Å². The number of fused-ring (bicyclic) bond motifs is 3. The van der Waals surface area contributed by atoms with Crippen LogP contribution in [-0.2, 0) is 21.7 Å². The van der Waals surface area contributed by atoms with Crippen LogP contribution in [0, 0.1) is 0 Å². The molecule has 0 amide bonds. The minimum Gasteiger partial charge on any atom is -0.457 e. The van der Waals surface area contributed by atoms with Gasteiger partial charge in [-0.15, -0.1) is 0 Å². The van der Waals surface area contributed by atoms with Crippen molar-refractivity contribution < 1.29 is 4.74 Å². The summed E-state index contributed by atoms with van der Waals surface area (Å²) in [5.41, 5.74) is 13.7. The standard InChI is InChI=1S/C64H64N4O/c1-61(2,3)48-29-32-57-56(38-48)55-31-30-54(41-58(55)68(57)60-39-49(33-34-65-60)62(4,5)6)69-53-28-20-27-51(40-53)66-42-59(64(9,10)47-25-18-13-19-26-47)67(43-66)52-36-45(44-21-14-11-15-22-44)35-50(37-52)63(7,8)46-23-16-12-17-24-46/h11-42H,43H2,1-10H3. The number of ether oxygens (including phenoxy) is 1. The quantitative estimate of drug-likeness (QED) is 0.137. The highest BCUT2D eigenvalue weighted by molar-refractivity contribution is 6.09. The van der Waals surface area contributed by atoms with Crippen LogP contribution in [0.1, 0.15) is 97.1 Å². The van der Waals surface area contributed by atoms with E-state index in [1.165, 1.54) is 55.4 Å². The molecule has 69 heavy (non-hydrogen) atoms. The summed E-state index contributed by atoms with van der Waals surface area (Å²) in [6.45, 7) is 23.6. The van der Waals surface area contributed by atoms with Crippen molar-refractivity contribution in [2.45, 2.75) is 90.9 Å². The molecule has 5 nitrogen and oxygen atoms in total. The number of aromatic nitrogens is 2. The summed E-state index contributed by atoms with van der Waals surface area (Å²) in [7, 11) is 0. The van der Waals surface area contributed by atoms with Gasteiger partial charge in [-0.3, -0.25) is 4.57 Å². The molecule has 0 atom stereocenters. The van der Waals surface area contributed by atoms with Crippen LogP contribution in [0.5, 0.6) is 11.5 Å². The summed E-state index contributed by atoms with van der Waals surface area (Å²) in [5.74, 6) is 2.43. The number of hydrogen-bond acceptors (Lipinski definition) is 4. The molecule has 346 valence electrons. The van der Waals surface area contributed by atoms with Crippen LogP contribution in [-0.4, -0.2) is 16.2 Å². The van der Waals surface area contributed by atoms with Crippen LogP contribution < -0.4 is 14.5 Å². The SMILES string of the molecule is CC(C)(C)c1ccnc(-n2c3ccc(C(C)(C)C)cc3c3ccc(Oc4cccc(N5C=C(C(C)(C)c6ccccc6)N(c6cc(-c7ccccc7)cc(C(C)(C)c7ccccc7)c6)C5)c4)cc32)c1. The number of nitrogens with zero attached hydrogens (tertiary/aromatic N) is 4. The van der Waals surface area contributed by atoms with E-state index >= 15 is 0 Å². The molecular formula is C64H64N4O. The molecule has 0 aliphatic carbocycles. The Bertz CT molecular complexity index is 3350. The zero-order valence-electron chi connectivity index (χ0n) is 41.9. The lowest BCUT2D eigenvalue weighted by Crippen LogP contribution is -2.34. The second-order valence-electron chi connectivity index (χ2n) is 21.9. The molecule has 1 aliphatic heterocycles. The highest BCUT2D eigenvalue weighted by atomic mass is 16.5. The van der Waals surface area contributed by atoms with Crippen molar-refractivity contribution in [2.24, 2.45) is 0 Å². The normalized spacial score (nSPS) is 13.6. The molecule has 1 aliphatic rings. The molecule has 7 aromatic carbocycles. The molecule has 10 rings (SSSR count). The van der Waals surface area contributed by atoms with E-state index in [-0.39, 0.29) is 21.7 Å². The Morgan fingerprint density at radius 2 is 1.07 bits per heavy atom. The fraction of sp³-hybridized carbons (Fsp3) is 0.234. The Kier molecular flexibility index (Phi) is 11.4. The van der Waals surface area contributed by atoms with E-state index in [0.717, 1.165) is 39.7 Å². The third kappa shape index (κ3) is 8.72. The minimum atomic E-state index is -0.329. The molecular weight excluding hydrogens is 841 g/mol. The van der Waals surface area contributed by atoms with E-state index < -0.39 is 0 Å². The molecule has 0 spiro atoms. The van der Waals surface area contributed by atoms with Crippen LogP contribution in [0.3, 0.4) is 0 Å². The molecule has 0 saturated carbocycles. The molecule has 0 radical (unpaired) electrons. The first-order valence-corrected chi connectivity index (χ1v) is 24.4. The van der Waals surface area contributed by atoms with E-state index in [0.29, 0.717) is 6.67 Å². The Labute approximate surface area is 409 Å². The summed E-state index contributed by atoms with van der Waals surface area (Å²) >= 11 is 0. The second-order valence-corrected chi connectivity index (χ2v) is 21.9. The Morgan fingerprint density at radius 3 is 1.75 bits per heavy atom. The number of benzene rings is 7. The fourth-order valence-electron chi connectivity index (χ4n) is 9.96. The minimum absolute atomic E-state index is 0.00906. The molecule has 3 heterocycles. The van der Waals surface area contributed by atoms with E-state index in [2.05, 4.69) is 272 Å². The summed E-state index contributed by atoms with van der Waals surface area (Å²) in [5, 5.41) is 2.38. The average molecular weight is 905 g/mol. The average Bonchev–Trinajstić information content (AvgIpc) is 3.95. The van der Waals surface area contributed by atoms with E-state index in [9.17, 15) is 0 Å². The summed E-state index contributed by atoms with van der Waals surface area (Å²) < 4.78 is 9.17. The first-order chi connectivity index (χ1) is 32.9. The van der Waals surface area contributed by atoms with Gasteiger partial charge in [-0.1, -0.05) is 178 Å². The molecule has 5 heteroatoms. The van der Waals surface area contributed by atoms with Crippen LogP contribution >= 0.6 is 0 Å². The predicted octanol–water partition coefficient (Wildman–Crippen LogP) is 16.7. The Morgan fingerprint density at radius 1 is 0.435 bits per heavy atom. The largest absolute Gasteiger partial charge is 0.457 e. The maximum Gasteiger partial charge on any atom is 0.137 e. The monoisotopic (exact) mass is 905 g/mol. The van der Waals surface area contributed by atoms with Crippen LogP contribution in [0.2, 0.25) is 0 Å². The van der Waals surface area contributed by atoms with Gasteiger partial charge in [0.15, 0.2) is 0 Å². The van der Waals surface area contributed by atoms with Gasteiger partial charge in [-0.05, 0) is 110 Å². The number of rotatable bonds is 10. The Hall–Kier alpha value is -7.37. The molecule has 9 aromatic rings. The lowest BCUT2D eigenvalue weighted by Gasteiger charge is -2.35. The van der Waals surface area contributed by atoms with Crippen molar-refractivity contribution in [1.82, 2.24) is 9.55 Å². The summed E-state index contributed by atoms with van der Waals surface area (Å²) in [6.07, 6.45) is 4.28. The Balaban J connectivity index is 1.05. The molecule has 0 bridgehead atoms. The fourth-order valence-corrected chi connectivity index (χ4v) is 9.96. The van der Waals surface area contributed by atoms with Crippen LogP contribution in [0.4, 0.5) is 11.4 Å². The third-order valence-electron chi connectivity index (χ3n) is 14.4. The first kappa shape index (κ1) is 45.4. The number of anilines is 2. The number of hydrogen-bond donors (Lipinski definition) is 0. The lowest BCUT2D eigenvalue weighted by atomic mass is 9.77. The van der Waals surface area contributed by atoms with Gasteiger partial charge in [0.2, 0.25) is 0 Å². The van der Waals surface area contributed by atoms with E-state index in [1.54, 1.807) is 0 Å². The van der Waals surface area contributed by atoms with Gasteiger partial charge in [0.05, 0.1) is 17.7 Å². The highest BCUT2D eigenvalue weighted by Crippen LogP contribution is 2.45. The van der Waals surface area contributed by atoms with Crippen molar-refractivity contribution >= 4 is 33.2 Å². The smallest absolute Gasteiger partial charge is 0.137 e. The van der Waals surface area contributed by atoms with Gasteiger partial charge in [-0.2, -0.15) is 0 Å². The number of allylic oxidation sites excluding steroid dienone is 1. The van der Waals surface area contributed by atoms with E-state index in [4.69, 9.17) is 9.72 Å². The molecule has 0 saturated heterocycles. The van der Waals surface area contributed by atoms with Crippen molar-refractivity contribution in [2.75, 3.05) is 16.5 Å². The van der Waals surface area contributed by atoms with Gasteiger partial charge in [0, 0.05) is 63.2 Å². The zero-order valence-corrected chi connectivity index (χ0v) is 41.9. The third-order valence-corrected chi connectivity index (χ3v) is 14.4. The maximum atomic E-state index is 6.87. The van der Waals surface area contributed by atoms with Gasteiger partial charge < -0.3 is 14.5 Å². The number of pyridine rings is 1. The predicted molar refractivity (Wildman–Crippen MR) is 290 cm³/mol. The van der Waals surface area contributed by atoms with Gasteiger partial charge >= 0.3 is 0 Å².